The summed E-state index contributed by atoms with van der Waals surface area (Å²) in [5.41, 5.74) is 0.639. The van der Waals surface area contributed by atoms with Crippen LogP contribution in [0, 0.1) is 5.82 Å². The molecule has 0 saturated heterocycles. The summed E-state index contributed by atoms with van der Waals surface area (Å²) in [7, 11) is 0. The third-order valence-electron chi connectivity index (χ3n) is 2.09. The molecular formula is C10H13FN4S. The number of aromatic nitrogens is 3. The van der Waals surface area contributed by atoms with E-state index in [4.69, 9.17) is 0 Å². The first kappa shape index (κ1) is 11.2. The van der Waals surface area contributed by atoms with E-state index in [-0.39, 0.29) is 11.9 Å². The van der Waals surface area contributed by atoms with Gasteiger partial charge in [-0.1, -0.05) is 0 Å². The summed E-state index contributed by atoms with van der Waals surface area (Å²) in [6.07, 6.45) is 3.36. The SMILES string of the molecule is CSCC(C)Nc1nc2ccc(F)cn2n1. The number of fused-ring (bicyclic) bond motifs is 1. The monoisotopic (exact) mass is 240 g/mol. The third kappa shape index (κ3) is 2.44. The van der Waals surface area contributed by atoms with Crippen LogP contribution < -0.4 is 5.32 Å². The molecule has 2 aromatic rings. The van der Waals surface area contributed by atoms with Crippen molar-refractivity contribution in [2.75, 3.05) is 17.3 Å². The van der Waals surface area contributed by atoms with Crippen molar-refractivity contribution in [1.82, 2.24) is 14.6 Å². The molecule has 86 valence electrons. The summed E-state index contributed by atoms with van der Waals surface area (Å²) in [5, 5.41) is 7.31. The fourth-order valence-electron chi connectivity index (χ4n) is 1.43. The van der Waals surface area contributed by atoms with Crippen LogP contribution in [-0.4, -0.2) is 32.6 Å². The van der Waals surface area contributed by atoms with E-state index in [2.05, 4.69) is 22.3 Å². The maximum absolute atomic E-state index is 12.9. The second-order valence-corrected chi connectivity index (χ2v) is 4.50. The Morgan fingerprint density at radius 1 is 1.56 bits per heavy atom. The summed E-state index contributed by atoms with van der Waals surface area (Å²) in [4.78, 5) is 4.24. The number of halogens is 1. The molecule has 1 N–H and O–H groups in total. The van der Waals surface area contributed by atoms with Crippen LogP contribution in [0.2, 0.25) is 0 Å². The van der Waals surface area contributed by atoms with Gasteiger partial charge < -0.3 is 5.32 Å². The van der Waals surface area contributed by atoms with Crippen LogP contribution >= 0.6 is 11.8 Å². The molecule has 0 bridgehead atoms. The van der Waals surface area contributed by atoms with E-state index in [1.807, 2.05) is 6.26 Å². The second kappa shape index (κ2) is 4.69. The molecule has 0 aliphatic heterocycles. The number of nitrogens with zero attached hydrogens (tertiary/aromatic N) is 3. The van der Waals surface area contributed by atoms with Gasteiger partial charge in [0.25, 0.3) is 0 Å². The highest BCUT2D eigenvalue weighted by Gasteiger charge is 2.07. The number of rotatable bonds is 4. The fraction of sp³-hybridized carbons (Fsp3) is 0.400. The Morgan fingerprint density at radius 2 is 2.38 bits per heavy atom. The second-order valence-electron chi connectivity index (χ2n) is 3.59. The van der Waals surface area contributed by atoms with Crippen molar-refractivity contribution >= 4 is 23.4 Å². The van der Waals surface area contributed by atoms with Gasteiger partial charge in [-0.15, -0.1) is 5.10 Å². The van der Waals surface area contributed by atoms with Crippen LogP contribution in [0.15, 0.2) is 18.3 Å². The van der Waals surface area contributed by atoms with E-state index in [1.165, 1.54) is 16.8 Å². The molecule has 0 aromatic carbocycles. The molecule has 0 amide bonds. The van der Waals surface area contributed by atoms with Gasteiger partial charge >= 0.3 is 0 Å². The highest BCUT2D eigenvalue weighted by atomic mass is 32.2. The molecule has 2 heterocycles. The van der Waals surface area contributed by atoms with E-state index >= 15 is 0 Å². The average Bonchev–Trinajstić information content (AvgIpc) is 2.59. The Morgan fingerprint density at radius 3 is 3.12 bits per heavy atom. The molecule has 0 fully saturated rings. The minimum Gasteiger partial charge on any atom is -0.350 e. The molecule has 0 aliphatic carbocycles. The predicted molar refractivity (Wildman–Crippen MR) is 64.4 cm³/mol. The molecule has 0 spiro atoms. The first-order valence-electron chi connectivity index (χ1n) is 4.96. The normalized spacial score (nSPS) is 12.9. The lowest BCUT2D eigenvalue weighted by atomic mass is 10.4. The average molecular weight is 240 g/mol. The van der Waals surface area contributed by atoms with Crippen molar-refractivity contribution in [1.29, 1.82) is 0 Å². The van der Waals surface area contributed by atoms with Gasteiger partial charge in [-0.05, 0) is 25.3 Å². The van der Waals surface area contributed by atoms with E-state index < -0.39 is 0 Å². The highest BCUT2D eigenvalue weighted by Crippen LogP contribution is 2.09. The lowest BCUT2D eigenvalue weighted by Gasteiger charge is -2.09. The zero-order chi connectivity index (χ0) is 11.5. The van der Waals surface area contributed by atoms with Gasteiger partial charge in [0.05, 0.1) is 6.20 Å². The number of hydrogen-bond donors (Lipinski definition) is 1. The molecule has 2 aromatic heterocycles. The number of hydrogen-bond acceptors (Lipinski definition) is 4. The van der Waals surface area contributed by atoms with Gasteiger partial charge in [-0.2, -0.15) is 16.7 Å². The van der Waals surface area contributed by atoms with Gasteiger partial charge in [0.1, 0.15) is 5.82 Å². The van der Waals surface area contributed by atoms with Crippen molar-refractivity contribution in [2.45, 2.75) is 13.0 Å². The smallest absolute Gasteiger partial charge is 0.243 e. The van der Waals surface area contributed by atoms with E-state index in [1.54, 1.807) is 17.8 Å². The Labute approximate surface area is 97.3 Å². The molecule has 6 heteroatoms. The Kier molecular flexibility index (Phi) is 3.28. The molecule has 1 unspecified atom stereocenters. The topological polar surface area (TPSA) is 42.2 Å². The molecule has 0 radical (unpaired) electrons. The molecule has 2 rings (SSSR count). The van der Waals surface area contributed by atoms with Gasteiger partial charge in [0, 0.05) is 11.8 Å². The largest absolute Gasteiger partial charge is 0.350 e. The van der Waals surface area contributed by atoms with Crippen molar-refractivity contribution in [3.63, 3.8) is 0 Å². The predicted octanol–water partition coefficient (Wildman–Crippen LogP) is 2.03. The lowest BCUT2D eigenvalue weighted by Crippen LogP contribution is -2.18. The van der Waals surface area contributed by atoms with Crippen LogP contribution in [-0.2, 0) is 0 Å². The van der Waals surface area contributed by atoms with Gasteiger partial charge in [-0.25, -0.2) is 8.91 Å². The van der Waals surface area contributed by atoms with Gasteiger partial charge in [0.15, 0.2) is 5.65 Å². The Balaban J connectivity index is 2.19. The molecule has 0 aliphatic rings. The van der Waals surface area contributed by atoms with Crippen LogP contribution in [0.5, 0.6) is 0 Å². The summed E-state index contributed by atoms with van der Waals surface area (Å²) < 4.78 is 14.4. The van der Waals surface area contributed by atoms with Crippen molar-refractivity contribution in [3.8, 4) is 0 Å². The number of nitrogens with one attached hydrogen (secondary N) is 1. The van der Waals surface area contributed by atoms with Crippen molar-refractivity contribution in [2.24, 2.45) is 0 Å². The van der Waals surface area contributed by atoms with E-state index in [0.717, 1.165) is 5.75 Å². The van der Waals surface area contributed by atoms with Gasteiger partial charge in [-0.3, -0.25) is 0 Å². The third-order valence-corrected chi connectivity index (χ3v) is 2.92. The van der Waals surface area contributed by atoms with Crippen molar-refractivity contribution < 1.29 is 4.39 Å². The number of pyridine rings is 1. The van der Waals surface area contributed by atoms with E-state index in [9.17, 15) is 4.39 Å². The summed E-state index contributed by atoms with van der Waals surface area (Å²) in [6.45, 7) is 2.06. The first-order chi connectivity index (χ1) is 7.69. The molecule has 0 saturated carbocycles. The zero-order valence-corrected chi connectivity index (χ0v) is 9.96. The zero-order valence-electron chi connectivity index (χ0n) is 9.14. The number of thioether (sulfide) groups is 1. The quantitative estimate of drug-likeness (QED) is 0.888. The molecule has 4 nitrogen and oxygen atoms in total. The minimum absolute atomic E-state index is 0.289. The standard InChI is InChI=1S/C10H13FN4S/c1-7(6-16-2)12-10-13-9-4-3-8(11)5-15(9)14-10/h3-5,7H,6H2,1-2H3,(H,12,14). The lowest BCUT2D eigenvalue weighted by molar-refractivity contribution is 0.614. The molecule has 1 atom stereocenters. The molecule has 16 heavy (non-hydrogen) atoms. The van der Waals surface area contributed by atoms with E-state index in [0.29, 0.717) is 11.6 Å². The maximum atomic E-state index is 12.9. The van der Waals surface area contributed by atoms with Gasteiger partial charge in [0.2, 0.25) is 5.95 Å². The van der Waals surface area contributed by atoms with Crippen LogP contribution in [0.3, 0.4) is 0 Å². The summed E-state index contributed by atoms with van der Waals surface area (Å²) >= 11 is 1.75. The highest BCUT2D eigenvalue weighted by molar-refractivity contribution is 7.98. The molecular weight excluding hydrogens is 227 g/mol. The Bertz CT molecular complexity index is 485. The maximum Gasteiger partial charge on any atom is 0.243 e. The fourth-order valence-corrected chi connectivity index (χ4v) is 2.01. The van der Waals surface area contributed by atoms with Crippen LogP contribution in [0.25, 0.3) is 5.65 Å². The summed E-state index contributed by atoms with van der Waals surface area (Å²) in [5.74, 6) is 1.19. The van der Waals surface area contributed by atoms with Crippen LogP contribution in [0.4, 0.5) is 10.3 Å². The minimum atomic E-state index is -0.318. The summed E-state index contributed by atoms with van der Waals surface area (Å²) in [6, 6.07) is 3.27. The Hall–Kier alpha value is -1.30. The first-order valence-corrected chi connectivity index (χ1v) is 6.36. The van der Waals surface area contributed by atoms with Crippen LogP contribution in [0.1, 0.15) is 6.92 Å². The number of anilines is 1. The van der Waals surface area contributed by atoms with Crippen molar-refractivity contribution in [3.05, 3.63) is 24.1 Å².